The number of ether oxygens (including phenoxy) is 1. The fraction of sp³-hybridized carbons (Fsp3) is 0.222. The van der Waals surface area contributed by atoms with Crippen molar-refractivity contribution in [1.29, 1.82) is 0 Å². The lowest BCUT2D eigenvalue weighted by atomic mass is 10.3. The highest BCUT2D eigenvalue weighted by Crippen LogP contribution is 2.26. The molecule has 1 aromatic rings. The van der Waals surface area contributed by atoms with Gasteiger partial charge in [0, 0.05) is 13.1 Å². The van der Waals surface area contributed by atoms with Crippen molar-refractivity contribution in [2.45, 2.75) is 4.90 Å². The predicted octanol–water partition coefficient (Wildman–Crippen LogP) is 0.605. The molecule has 6 nitrogen and oxygen atoms in total. The molecule has 9 heteroatoms. The maximum absolute atomic E-state index is 13.5. The minimum absolute atomic E-state index is 0.0196. The Morgan fingerprint density at radius 2 is 2.11 bits per heavy atom. The number of rotatable bonds is 4. The molecule has 1 aromatic carbocycles. The zero-order valence-corrected chi connectivity index (χ0v) is 10.6. The summed E-state index contributed by atoms with van der Waals surface area (Å²) >= 11 is 0.772. The molecule has 0 unspecified atom stereocenters. The van der Waals surface area contributed by atoms with Crippen molar-refractivity contribution in [2.75, 3.05) is 14.2 Å². The topological polar surface area (TPSA) is 88.9 Å². The highest BCUT2D eigenvalue weighted by Gasteiger charge is 2.11. The van der Waals surface area contributed by atoms with E-state index < -0.39 is 11.6 Å². The lowest BCUT2D eigenvalue weighted by molar-refractivity contribution is 0.370. The predicted molar refractivity (Wildman–Crippen MR) is 65.5 cm³/mol. The molecule has 0 radical (unpaired) electrons. The van der Waals surface area contributed by atoms with Crippen LogP contribution in [0.2, 0.25) is 0 Å². The summed E-state index contributed by atoms with van der Waals surface area (Å²) < 4.78 is 34.0. The van der Waals surface area contributed by atoms with Crippen LogP contribution in [0.15, 0.2) is 22.1 Å². The van der Waals surface area contributed by atoms with Gasteiger partial charge >= 0.3 is 0 Å². The molecule has 18 heavy (non-hydrogen) atoms. The summed E-state index contributed by atoms with van der Waals surface area (Å²) in [5, 5.41) is 4.59. The van der Waals surface area contributed by atoms with E-state index in [0.29, 0.717) is 0 Å². The number of methoxy groups -OCH3 is 1. The van der Waals surface area contributed by atoms with E-state index in [0.717, 1.165) is 29.2 Å². The van der Waals surface area contributed by atoms with Gasteiger partial charge in [0.25, 0.3) is 0 Å². The summed E-state index contributed by atoms with van der Waals surface area (Å²) in [6.45, 7) is 0. The molecule has 0 bridgehead atoms. The number of halogens is 2. The van der Waals surface area contributed by atoms with Crippen LogP contribution >= 0.6 is 11.9 Å². The van der Waals surface area contributed by atoms with Gasteiger partial charge in [-0.1, -0.05) is 0 Å². The normalized spacial score (nSPS) is 11.3. The van der Waals surface area contributed by atoms with E-state index in [9.17, 15) is 8.78 Å². The number of hydrogen-bond donors (Lipinski definition) is 3. The second-order valence-electron chi connectivity index (χ2n) is 3.18. The number of nitrogens with zero attached hydrogens (tertiary/aromatic N) is 2. The summed E-state index contributed by atoms with van der Waals surface area (Å²) in [4.78, 5) is 0.0196. The van der Waals surface area contributed by atoms with Gasteiger partial charge in [-0.25, -0.2) is 19.7 Å². The van der Waals surface area contributed by atoms with Gasteiger partial charge in [-0.2, -0.15) is 0 Å². The van der Waals surface area contributed by atoms with Crippen LogP contribution in [-0.4, -0.2) is 25.2 Å². The largest absolute Gasteiger partial charge is 0.494 e. The van der Waals surface area contributed by atoms with Crippen LogP contribution in [0.1, 0.15) is 0 Å². The van der Waals surface area contributed by atoms with Crippen molar-refractivity contribution in [3.05, 3.63) is 23.8 Å². The Hall–Kier alpha value is -1.74. The van der Waals surface area contributed by atoms with Crippen molar-refractivity contribution in [3.8, 4) is 5.75 Å². The third-order valence-corrected chi connectivity index (χ3v) is 2.58. The van der Waals surface area contributed by atoms with Gasteiger partial charge in [0.1, 0.15) is 5.82 Å². The summed E-state index contributed by atoms with van der Waals surface area (Å²) in [6, 6.07) is 1.94. The number of guanidine groups is 1. The summed E-state index contributed by atoms with van der Waals surface area (Å²) in [7, 11) is 2.72. The molecule has 1 rings (SSSR count). The molecule has 0 aromatic heterocycles. The fourth-order valence-corrected chi connectivity index (χ4v) is 1.62. The Morgan fingerprint density at radius 3 is 2.67 bits per heavy atom. The zero-order chi connectivity index (χ0) is 13.7. The molecule has 0 fully saturated rings. The number of nitrogens with two attached hydrogens (primary N) is 2. The van der Waals surface area contributed by atoms with Crippen LogP contribution < -0.4 is 21.0 Å². The number of hydrogen-bond acceptors (Lipinski definition) is 5. The maximum Gasteiger partial charge on any atom is 0.223 e. The van der Waals surface area contributed by atoms with Gasteiger partial charge in [0.05, 0.1) is 12.0 Å². The summed E-state index contributed by atoms with van der Waals surface area (Å²) in [5.41, 5.74) is 5.42. The molecule has 0 aliphatic carbocycles. The van der Waals surface area contributed by atoms with Crippen molar-refractivity contribution in [1.82, 2.24) is 9.84 Å². The first-order valence-electron chi connectivity index (χ1n) is 4.72. The van der Waals surface area contributed by atoms with E-state index >= 15 is 0 Å². The molecular weight excluding hydrogens is 264 g/mol. The Bertz CT molecular complexity index is 455. The minimum atomic E-state index is -0.672. The van der Waals surface area contributed by atoms with Gasteiger partial charge in [0.15, 0.2) is 11.6 Å². The van der Waals surface area contributed by atoms with Crippen LogP contribution in [0.4, 0.5) is 8.78 Å². The third kappa shape index (κ3) is 3.93. The molecule has 5 N–H and O–H groups in total. The smallest absolute Gasteiger partial charge is 0.223 e. The average Bonchev–Trinajstić information content (AvgIpc) is 2.28. The molecule has 0 saturated carbocycles. The first-order chi connectivity index (χ1) is 8.43. The molecule has 0 aliphatic heterocycles. The van der Waals surface area contributed by atoms with Crippen molar-refractivity contribution < 1.29 is 13.5 Å². The Labute approximate surface area is 107 Å². The van der Waals surface area contributed by atoms with Crippen LogP contribution in [0.25, 0.3) is 0 Å². The lowest BCUT2D eigenvalue weighted by Crippen LogP contribution is -2.32. The second-order valence-corrected chi connectivity index (χ2v) is 4.03. The van der Waals surface area contributed by atoms with E-state index in [1.807, 2.05) is 0 Å². The highest BCUT2D eigenvalue weighted by atomic mass is 32.2. The Kier molecular flexibility index (Phi) is 4.98. The molecule has 0 saturated heterocycles. The van der Waals surface area contributed by atoms with Crippen molar-refractivity contribution in [2.24, 2.45) is 16.7 Å². The van der Waals surface area contributed by atoms with E-state index in [1.165, 1.54) is 14.2 Å². The van der Waals surface area contributed by atoms with E-state index in [4.69, 9.17) is 11.6 Å². The number of nitrogens with one attached hydrogen (secondary N) is 1. The van der Waals surface area contributed by atoms with Gasteiger partial charge in [-0.15, -0.1) is 5.10 Å². The van der Waals surface area contributed by atoms with E-state index in [-0.39, 0.29) is 16.6 Å². The summed E-state index contributed by atoms with van der Waals surface area (Å²) in [6.07, 6.45) is 0. The van der Waals surface area contributed by atoms with Crippen LogP contribution in [0.3, 0.4) is 0 Å². The van der Waals surface area contributed by atoms with Crippen LogP contribution in [0, 0.1) is 11.6 Å². The van der Waals surface area contributed by atoms with Crippen LogP contribution in [-0.2, 0) is 0 Å². The molecular formula is C9H13F2N5OS. The Morgan fingerprint density at radius 1 is 1.44 bits per heavy atom. The first-order valence-corrected chi connectivity index (χ1v) is 5.54. The van der Waals surface area contributed by atoms with Gasteiger partial charge in [-0.3, -0.25) is 4.72 Å². The minimum Gasteiger partial charge on any atom is -0.494 e. The standard InChI is InChI=1S/C9H13F2N5OS/c1-16(13)14-9(12)15-18-8-4-5(10)7(17-2)3-6(8)11/h3-4H,13H2,1-2H3,(H3,12,14,15). The molecule has 0 amide bonds. The molecule has 0 aliphatic rings. The number of benzene rings is 1. The van der Waals surface area contributed by atoms with Gasteiger partial charge < -0.3 is 10.5 Å². The van der Waals surface area contributed by atoms with Gasteiger partial charge in [0.2, 0.25) is 5.96 Å². The van der Waals surface area contributed by atoms with E-state index in [1.54, 1.807) is 0 Å². The molecule has 0 spiro atoms. The number of hydrazone groups is 1. The summed E-state index contributed by atoms with van der Waals surface area (Å²) in [5.74, 6) is 3.70. The monoisotopic (exact) mass is 277 g/mol. The third-order valence-electron chi connectivity index (χ3n) is 1.74. The first kappa shape index (κ1) is 14.3. The van der Waals surface area contributed by atoms with Crippen molar-refractivity contribution >= 4 is 17.9 Å². The molecule has 0 heterocycles. The number of hydrazine groups is 1. The van der Waals surface area contributed by atoms with Crippen LogP contribution in [0.5, 0.6) is 5.75 Å². The van der Waals surface area contributed by atoms with E-state index in [2.05, 4.69) is 14.6 Å². The maximum atomic E-state index is 13.5. The van der Waals surface area contributed by atoms with Gasteiger partial charge in [-0.05, 0) is 18.0 Å². The molecule has 100 valence electrons. The Balaban J connectivity index is 2.77. The second kappa shape index (κ2) is 6.26. The lowest BCUT2D eigenvalue weighted by Gasteiger charge is -2.09. The highest BCUT2D eigenvalue weighted by molar-refractivity contribution is 7.98. The quantitative estimate of drug-likeness (QED) is 0.246. The molecule has 0 atom stereocenters. The van der Waals surface area contributed by atoms with Crippen molar-refractivity contribution in [3.63, 3.8) is 0 Å². The SMILES string of the molecule is COc1cc(F)c(SN/C(N)=N/N(C)N)cc1F. The fourth-order valence-electron chi connectivity index (χ4n) is 1.04. The average molecular weight is 277 g/mol. The zero-order valence-electron chi connectivity index (χ0n) is 9.78.